The van der Waals surface area contributed by atoms with Crippen molar-refractivity contribution in [2.75, 3.05) is 14.2 Å². The largest absolute Gasteiger partial charge is 1.00 e. The normalized spacial score (nSPS) is 11.0. The van der Waals surface area contributed by atoms with Gasteiger partial charge in [0.05, 0.1) is 20.2 Å². The summed E-state index contributed by atoms with van der Waals surface area (Å²) in [6, 6.07) is 5.40. The number of rotatable bonds is 5. The maximum Gasteiger partial charge on any atom is 1.00 e. The molecule has 1 rings (SSSR count). The molecule has 5 heteroatoms. The summed E-state index contributed by atoms with van der Waals surface area (Å²) in [6.45, 7) is 1.68. The number of methoxy groups -OCH3 is 2. The first kappa shape index (κ1) is 17.8. The Labute approximate surface area is 135 Å². The number of carboxylic acid groups (broad SMARTS) is 1. The van der Waals surface area contributed by atoms with Gasteiger partial charge in [0.2, 0.25) is 0 Å². The summed E-state index contributed by atoms with van der Waals surface area (Å²) in [7, 11) is 3.15. The number of ether oxygens (including phenoxy) is 2. The van der Waals surface area contributed by atoms with Gasteiger partial charge in [-0.3, -0.25) is 0 Å². The maximum atomic E-state index is 10.4. The average molecular weight is 270 g/mol. The first-order valence-corrected chi connectivity index (χ1v) is 5.36. The molecule has 0 aromatic heterocycles. The Morgan fingerprint density at radius 2 is 1.95 bits per heavy atom. The molecule has 0 unspecified atom stereocenters. The molecule has 96 valence electrons. The Bertz CT molecular complexity index is 492. The molecule has 1 aromatic carbocycles. The second kappa shape index (κ2) is 8.80. The monoisotopic (exact) mass is 270 g/mol. The summed E-state index contributed by atoms with van der Waals surface area (Å²) in [4.78, 5) is 10.4. The fraction of sp³-hybridized carbons (Fsp3) is 0.214. The third kappa shape index (κ3) is 5.96. The van der Waals surface area contributed by atoms with Crippen LogP contribution in [0.4, 0.5) is 0 Å². The molecule has 0 amide bonds. The zero-order chi connectivity index (χ0) is 13.5. The predicted octanol–water partition coefficient (Wildman–Crippen LogP) is -1.58. The van der Waals surface area contributed by atoms with E-state index in [1.54, 1.807) is 45.4 Å². The van der Waals surface area contributed by atoms with Gasteiger partial charge >= 0.3 is 29.6 Å². The van der Waals surface area contributed by atoms with Gasteiger partial charge in [0.15, 0.2) is 0 Å². The van der Waals surface area contributed by atoms with Crippen LogP contribution in [-0.4, -0.2) is 20.2 Å². The van der Waals surface area contributed by atoms with Gasteiger partial charge in [-0.25, -0.2) is 0 Å². The third-order valence-electron chi connectivity index (χ3n) is 2.31. The molecule has 0 fully saturated rings. The summed E-state index contributed by atoms with van der Waals surface area (Å²) in [6.07, 6.45) is 4.49. The zero-order valence-electron chi connectivity index (χ0n) is 11.6. The fourth-order valence-corrected chi connectivity index (χ4v) is 1.41. The van der Waals surface area contributed by atoms with Crippen molar-refractivity contribution in [3.8, 4) is 11.5 Å². The minimum absolute atomic E-state index is 0. The smallest absolute Gasteiger partial charge is 0.545 e. The third-order valence-corrected chi connectivity index (χ3v) is 2.31. The van der Waals surface area contributed by atoms with Crippen molar-refractivity contribution in [2.45, 2.75) is 6.92 Å². The van der Waals surface area contributed by atoms with E-state index < -0.39 is 5.97 Å². The average Bonchev–Trinajstić information content (AvgIpc) is 2.35. The molecule has 4 nitrogen and oxygen atoms in total. The minimum atomic E-state index is -1.21. The first-order valence-electron chi connectivity index (χ1n) is 5.36. The molecule has 0 radical (unpaired) electrons. The predicted molar refractivity (Wildman–Crippen MR) is 67.3 cm³/mol. The molecular formula is C14H15NaO4. The molecule has 0 bridgehead atoms. The topological polar surface area (TPSA) is 58.6 Å². The Kier molecular flexibility index (Phi) is 8.23. The van der Waals surface area contributed by atoms with Crippen LogP contribution < -0.4 is 44.1 Å². The van der Waals surface area contributed by atoms with Gasteiger partial charge in [0.25, 0.3) is 0 Å². The SMILES string of the molecule is COc1ccc(/C=C/C(C)=C\C(=O)[O-])c(OC)c1.[Na+]. The molecular weight excluding hydrogens is 255 g/mol. The molecule has 0 spiro atoms. The minimum Gasteiger partial charge on any atom is -0.545 e. The summed E-state index contributed by atoms with van der Waals surface area (Å²) >= 11 is 0. The van der Waals surface area contributed by atoms with Crippen LogP contribution >= 0.6 is 0 Å². The number of benzene rings is 1. The Morgan fingerprint density at radius 1 is 1.26 bits per heavy atom. The van der Waals surface area contributed by atoms with Crippen molar-refractivity contribution < 1.29 is 48.9 Å². The standard InChI is InChI=1S/C14H16O4.Na/c1-10(8-14(15)16)4-5-11-6-7-12(17-2)9-13(11)18-3;/h4-9H,1-3H3,(H,15,16);/q;+1/p-1/b5-4+,10-8-;. The molecule has 1 aromatic rings. The molecule has 0 aliphatic rings. The maximum absolute atomic E-state index is 10.4. The summed E-state index contributed by atoms with van der Waals surface area (Å²) < 4.78 is 10.3. The molecule has 0 saturated carbocycles. The van der Waals surface area contributed by atoms with E-state index in [4.69, 9.17) is 9.47 Å². The van der Waals surface area contributed by atoms with E-state index in [0.29, 0.717) is 17.1 Å². The molecule has 19 heavy (non-hydrogen) atoms. The van der Waals surface area contributed by atoms with E-state index in [0.717, 1.165) is 11.6 Å². The molecule has 0 saturated heterocycles. The molecule has 0 aliphatic carbocycles. The van der Waals surface area contributed by atoms with Gasteiger partial charge in [-0.15, -0.1) is 0 Å². The van der Waals surface area contributed by atoms with Crippen LogP contribution in [0.3, 0.4) is 0 Å². The van der Waals surface area contributed by atoms with E-state index in [1.807, 2.05) is 6.07 Å². The number of carbonyl (C=O) groups is 1. The number of hydrogen-bond acceptors (Lipinski definition) is 4. The molecule has 0 atom stereocenters. The molecule has 0 N–H and O–H groups in total. The molecule has 0 aliphatic heterocycles. The van der Waals surface area contributed by atoms with Crippen molar-refractivity contribution >= 4 is 12.0 Å². The van der Waals surface area contributed by atoms with Crippen LogP contribution in [0.25, 0.3) is 6.08 Å². The number of aliphatic carboxylic acids is 1. The van der Waals surface area contributed by atoms with Crippen LogP contribution in [0, 0.1) is 0 Å². The first-order chi connectivity index (χ1) is 8.56. The van der Waals surface area contributed by atoms with Crippen LogP contribution in [0.5, 0.6) is 11.5 Å². The van der Waals surface area contributed by atoms with E-state index in [1.165, 1.54) is 0 Å². The van der Waals surface area contributed by atoms with Gasteiger partial charge in [-0.1, -0.05) is 12.2 Å². The van der Waals surface area contributed by atoms with Crippen molar-refractivity contribution in [1.82, 2.24) is 0 Å². The van der Waals surface area contributed by atoms with Crippen molar-refractivity contribution in [3.05, 3.63) is 41.5 Å². The van der Waals surface area contributed by atoms with Gasteiger partial charge < -0.3 is 19.4 Å². The quantitative estimate of drug-likeness (QED) is 0.368. The van der Waals surface area contributed by atoms with Crippen molar-refractivity contribution in [2.24, 2.45) is 0 Å². The second-order valence-corrected chi connectivity index (χ2v) is 3.65. The van der Waals surface area contributed by atoms with Gasteiger partial charge in [0, 0.05) is 11.6 Å². The zero-order valence-corrected chi connectivity index (χ0v) is 13.6. The Morgan fingerprint density at radius 3 is 2.47 bits per heavy atom. The van der Waals surface area contributed by atoms with Gasteiger partial charge in [-0.2, -0.15) is 0 Å². The van der Waals surface area contributed by atoms with Crippen molar-refractivity contribution in [3.63, 3.8) is 0 Å². The van der Waals surface area contributed by atoms with Gasteiger partial charge in [0.1, 0.15) is 11.5 Å². The van der Waals surface area contributed by atoms with E-state index >= 15 is 0 Å². The number of hydrogen-bond donors (Lipinski definition) is 0. The van der Waals surface area contributed by atoms with Crippen LogP contribution in [0.2, 0.25) is 0 Å². The van der Waals surface area contributed by atoms with E-state index in [2.05, 4.69) is 0 Å². The summed E-state index contributed by atoms with van der Waals surface area (Å²) in [5.74, 6) is 0.150. The Balaban J connectivity index is 0.00000324. The van der Waals surface area contributed by atoms with E-state index in [9.17, 15) is 9.90 Å². The Hall–Kier alpha value is -1.23. The van der Waals surface area contributed by atoms with E-state index in [-0.39, 0.29) is 29.6 Å². The second-order valence-electron chi connectivity index (χ2n) is 3.65. The summed E-state index contributed by atoms with van der Waals surface area (Å²) in [5, 5.41) is 10.4. The fourth-order valence-electron chi connectivity index (χ4n) is 1.41. The summed E-state index contributed by atoms with van der Waals surface area (Å²) in [5.41, 5.74) is 1.43. The van der Waals surface area contributed by atoms with Crippen LogP contribution in [-0.2, 0) is 4.79 Å². The number of allylic oxidation sites excluding steroid dienone is 2. The van der Waals surface area contributed by atoms with Crippen molar-refractivity contribution in [1.29, 1.82) is 0 Å². The van der Waals surface area contributed by atoms with Crippen LogP contribution in [0.15, 0.2) is 35.9 Å². The van der Waals surface area contributed by atoms with Gasteiger partial charge in [-0.05, 0) is 30.7 Å². The number of carboxylic acids is 1. The van der Waals surface area contributed by atoms with Crippen LogP contribution in [0.1, 0.15) is 12.5 Å². The number of carbonyl (C=O) groups excluding carboxylic acids is 1. The molecule has 0 heterocycles.